The van der Waals surface area contributed by atoms with E-state index in [0.717, 1.165) is 24.5 Å². The molecule has 0 saturated heterocycles. The van der Waals surface area contributed by atoms with Crippen LogP contribution >= 0.6 is 22.9 Å². The van der Waals surface area contributed by atoms with Crippen molar-refractivity contribution in [2.45, 2.75) is 57.1 Å². The first-order valence-corrected chi connectivity index (χ1v) is 8.53. The Labute approximate surface area is 125 Å². The van der Waals surface area contributed by atoms with Crippen molar-refractivity contribution in [2.75, 3.05) is 13.7 Å². The Morgan fingerprint density at radius 1 is 1.37 bits per heavy atom. The predicted octanol–water partition coefficient (Wildman–Crippen LogP) is 4.79. The van der Waals surface area contributed by atoms with E-state index in [1.165, 1.54) is 30.6 Å². The first-order chi connectivity index (χ1) is 9.23. The topological polar surface area (TPSA) is 21.3 Å². The molecule has 1 fully saturated rings. The third-order valence-corrected chi connectivity index (χ3v) is 5.53. The number of ether oxygens (including phenoxy) is 1. The quantitative estimate of drug-likeness (QED) is 0.789. The molecule has 1 unspecified atom stereocenters. The van der Waals surface area contributed by atoms with Gasteiger partial charge in [-0.05, 0) is 38.3 Å². The number of halogens is 1. The molecule has 1 saturated carbocycles. The predicted molar refractivity (Wildman–Crippen MR) is 83.2 cm³/mol. The van der Waals surface area contributed by atoms with Crippen molar-refractivity contribution in [3.8, 4) is 0 Å². The fourth-order valence-corrected chi connectivity index (χ4v) is 4.66. The summed E-state index contributed by atoms with van der Waals surface area (Å²) in [5.74, 6) is 0. The lowest BCUT2D eigenvalue weighted by Gasteiger charge is -2.40. The van der Waals surface area contributed by atoms with Gasteiger partial charge in [-0.2, -0.15) is 0 Å². The Morgan fingerprint density at radius 2 is 2.05 bits per heavy atom. The van der Waals surface area contributed by atoms with Crippen molar-refractivity contribution in [1.29, 1.82) is 0 Å². The maximum absolute atomic E-state index is 6.35. The fourth-order valence-electron chi connectivity index (χ4n) is 3.28. The molecular formula is C15H24ClNOS. The summed E-state index contributed by atoms with van der Waals surface area (Å²) < 4.78 is 6.27. The van der Waals surface area contributed by atoms with Gasteiger partial charge in [0.1, 0.15) is 0 Å². The van der Waals surface area contributed by atoms with Gasteiger partial charge in [0.05, 0.1) is 16.7 Å². The van der Waals surface area contributed by atoms with Crippen LogP contribution in [-0.2, 0) is 4.74 Å². The lowest BCUT2D eigenvalue weighted by atomic mass is 9.85. The Bertz CT molecular complexity index is 385. The summed E-state index contributed by atoms with van der Waals surface area (Å²) in [5.41, 5.74) is -0.0888. The van der Waals surface area contributed by atoms with Crippen LogP contribution in [0.25, 0.3) is 0 Å². The second kappa shape index (κ2) is 7.07. The van der Waals surface area contributed by atoms with Crippen LogP contribution in [0, 0.1) is 0 Å². The van der Waals surface area contributed by atoms with Gasteiger partial charge < -0.3 is 10.1 Å². The molecule has 19 heavy (non-hydrogen) atoms. The Kier molecular flexibility index (Phi) is 5.70. The van der Waals surface area contributed by atoms with E-state index in [0.29, 0.717) is 0 Å². The lowest BCUT2D eigenvalue weighted by molar-refractivity contribution is -0.0758. The number of hydrogen-bond acceptors (Lipinski definition) is 3. The molecule has 1 aliphatic rings. The third-order valence-electron chi connectivity index (χ3n) is 4.10. The molecule has 0 spiro atoms. The van der Waals surface area contributed by atoms with Crippen LogP contribution in [0.15, 0.2) is 11.4 Å². The molecule has 1 N–H and O–H groups in total. The summed E-state index contributed by atoms with van der Waals surface area (Å²) in [6, 6.07) is 2.19. The van der Waals surface area contributed by atoms with E-state index >= 15 is 0 Å². The molecular weight excluding hydrogens is 278 g/mol. The number of thiophene rings is 1. The second-order valence-electron chi connectivity index (χ2n) is 5.27. The van der Waals surface area contributed by atoms with Gasteiger partial charge in [-0.15, -0.1) is 11.3 Å². The van der Waals surface area contributed by atoms with Gasteiger partial charge in [-0.25, -0.2) is 0 Å². The first-order valence-electron chi connectivity index (χ1n) is 7.27. The molecule has 0 amide bonds. The Balaban J connectivity index is 2.31. The minimum absolute atomic E-state index is 0.0888. The van der Waals surface area contributed by atoms with Crippen LogP contribution in [-0.4, -0.2) is 19.3 Å². The van der Waals surface area contributed by atoms with Crippen LogP contribution < -0.4 is 5.32 Å². The SMILES string of the molecule is CCOC1(C(NC)c2sccc2Cl)CCCCCC1. The molecule has 4 heteroatoms. The van der Waals surface area contributed by atoms with Crippen LogP contribution in [0.4, 0.5) is 0 Å². The van der Waals surface area contributed by atoms with Crippen molar-refractivity contribution in [3.63, 3.8) is 0 Å². The van der Waals surface area contributed by atoms with E-state index in [-0.39, 0.29) is 11.6 Å². The fraction of sp³-hybridized carbons (Fsp3) is 0.733. The van der Waals surface area contributed by atoms with Crippen LogP contribution in [0.1, 0.15) is 56.4 Å². The van der Waals surface area contributed by atoms with Crippen LogP contribution in [0.5, 0.6) is 0 Å². The van der Waals surface area contributed by atoms with Gasteiger partial charge >= 0.3 is 0 Å². The zero-order valence-electron chi connectivity index (χ0n) is 11.9. The highest BCUT2D eigenvalue weighted by Gasteiger charge is 2.41. The average molecular weight is 302 g/mol. The number of likely N-dealkylation sites (N-methyl/N-ethyl adjacent to an activating group) is 1. The van der Waals surface area contributed by atoms with E-state index in [9.17, 15) is 0 Å². The molecule has 0 bridgehead atoms. The van der Waals surface area contributed by atoms with Gasteiger partial charge in [0.2, 0.25) is 0 Å². The molecule has 0 aromatic carbocycles. The largest absolute Gasteiger partial charge is 0.373 e. The average Bonchev–Trinajstić information content (AvgIpc) is 2.68. The maximum Gasteiger partial charge on any atom is 0.0884 e. The molecule has 0 aliphatic heterocycles. The maximum atomic E-state index is 6.35. The minimum atomic E-state index is -0.0888. The standard InChI is InChI=1S/C15H24ClNOS/c1-3-18-15(9-6-4-5-7-10-15)14(17-2)13-12(16)8-11-19-13/h8,11,14,17H,3-7,9-10H2,1-2H3. The highest BCUT2D eigenvalue weighted by atomic mass is 35.5. The molecule has 2 rings (SSSR count). The van der Waals surface area contributed by atoms with Crippen molar-refractivity contribution >= 4 is 22.9 Å². The van der Waals surface area contributed by atoms with Crippen LogP contribution in [0.3, 0.4) is 0 Å². The minimum Gasteiger partial charge on any atom is -0.373 e. The Morgan fingerprint density at radius 3 is 2.53 bits per heavy atom. The number of nitrogens with one attached hydrogen (secondary N) is 1. The van der Waals surface area contributed by atoms with Crippen molar-refractivity contribution in [3.05, 3.63) is 21.3 Å². The van der Waals surface area contributed by atoms with Gasteiger partial charge in [-0.3, -0.25) is 0 Å². The third kappa shape index (κ3) is 3.33. The van der Waals surface area contributed by atoms with Gasteiger partial charge in [-0.1, -0.05) is 37.3 Å². The van der Waals surface area contributed by atoms with E-state index in [1.807, 2.05) is 13.1 Å². The second-order valence-corrected chi connectivity index (χ2v) is 6.62. The summed E-state index contributed by atoms with van der Waals surface area (Å²) in [4.78, 5) is 1.22. The Hall–Kier alpha value is -0.0900. The molecule has 1 heterocycles. The molecule has 1 aromatic heterocycles. The van der Waals surface area contributed by atoms with Gasteiger partial charge in [0.15, 0.2) is 0 Å². The van der Waals surface area contributed by atoms with E-state index in [4.69, 9.17) is 16.3 Å². The number of rotatable bonds is 5. The zero-order valence-corrected chi connectivity index (χ0v) is 13.4. The van der Waals surface area contributed by atoms with Crippen molar-refractivity contribution < 1.29 is 4.74 Å². The van der Waals surface area contributed by atoms with E-state index in [1.54, 1.807) is 11.3 Å². The molecule has 1 aromatic rings. The first kappa shape index (κ1) is 15.3. The van der Waals surface area contributed by atoms with Crippen molar-refractivity contribution in [2.24, 2.45) is 0 Å². The van der Waals surface area contributed by atoms with E-state index in [2.05, 4.69) is 17.6 Å². The molecule has 1 aliphatic carbocycles. The summed E-state index contributed by atoms with van der Waals surface area (Å²) in [5, 5.41) is 6.41. The van der Waals surface area contributed by atoms with Gasteiger partial charge in [0, 0.05) is 11.5 Å². The van der Waals surface area contributed by atoms with Crippen LogP contribution in [0.2, 0.25) is 5.02 Å². The number of hydrogen-bond donors (Lipinski definition) is 1. The molecule has 1 atom stereocenters. The van der Waals surface area contributed by atoms with E-state index < -0.39 is 0 Å². The smallest absolute Gasteiger partial charge is 0.0884 e. The van der Waals surface area contributed by atoms with Crippen molar-refractivity contribution in [1.82, 2.24) is 5.32 Å². The molecule has 2 nitrogen and oxygen atoms in total. The highest BCUT2D eigenvalue weighted by Crippen LogP contribution is 2.44. The zero-order chi connectivity index (χ0) is 13.7. The normalized spacial score (nSPS) is 21.0. The summed E-state index contributed by atoms with van der Waals surface area (Å²) in [6.45, 7) is 2.86. The molecule has 108 valence electrons. The summed E-state index contributed by atoms with van der Waals surface area (Å²) in [7, 11) is 2.02. The monoisotopic (exact) mass is 301 g/mol. The summed E-state index contributed by atoms with van der Waals surface area (Å²) in [6.07, 6.45) is 7.40. The molecule has 0 radical (unpaired) electrons. The van der Waals surface area contributed by atoms with Gasteiger partial charge in [0.25, 0.3) is 0 Å². The highest BCUT2D eigenvalue weighted by molar-refractivity contribution is 7.10. The lowest BCUT2D eigenvalue weighted by Crippen LogP contribution is -2.44. The summed E-state index contributed by atoms with van der Waals surface area (Å²) >= 11 is 8.08.